The quantitative estimate of drug-likeness (QED) is 0.932. The Bertz CT molecular complexity index is 660. The Hall–Kier alpha value is -2.00. The number of para-hydroxylation sites is 1. The molecule has 0 spiro atoms. The molecule has 0 fully saturated rings. The van der Waals surface area contributed by atoms with Crippen molar-refractivity contribution in [1.82, 2.24) is 9.78 Å². The molecule has 6 heteroatoms. The van der Waals surface area contributed by atoms with Gasteiger partial charge < -0.3 is 10.1 Å². The SMILES string of the molecule is COc1c(C(C#N)Nc2ccccc2Br)c(C)nn1C. The van der Waals surface area contributed by atoms with Crippen LogP contribution in [0, 0.1) is 18.3 Å². The Kier molecular flexibility index (Phi) is 4.30. The smallest absolute Gasteiger partial charge is 0.218 e. The van der Waals surface area contributed by atoms with Crippen LogP contribution in [0.25, 0.3) is 0 Å². The number of halogens is 1. The third kappa shape index (κ3) is 2.63. The topological polar surface area (TPSA) is 62.9 Å². The van der Waals surface area contributed by atoms with Gasteiger partial charge in [0.15, 0.2) is 0 Å². The summed E-state index contributed by atoms with van der Waals surface area (Å²) < 4.78 is 7.88. The number of nitriles is 1. The molecule has 0 saturated carbocycles. The third-order valence-corrected chi connectivity index (χ3v) is 3.69. The minimum Gasteiger partial charge on any atom is -0.481 e. The number of rotatable bonds is 4. The molecule has 20 heavy (non-hydrogen) atoms. The monoisotopic (exact) mass is 334 g/mol. The molecule has 104 valence electrons. The van der Waals surface area contributed by atoms with Gasteiger partial charge in [0.05, 0.1) is 24.4 Å². The fourth-order valence-electron chi connectivity index (χ4n) is 2.13. The first-order valence-corrected chi connectivity index (χ1v) is 6.86. The summed E-state index contributed by atoms with van der Waals surface area (Å²) >= 11 is 3.46. The van der Waals surface area contributed by atoms with Crippen molar-refractivity contribution in [3.8, 4) is 11.9 Å². The van der Waals surface area contributed by atoms with E-state index in [0.717, 1.165) is 21.4 Å². The lowest BCUT2D eigenvalue weighted by atomic mass is 10.1. The summed E-state index contributed by atoms with van der Waals surface area (Å²) in [6.07, 6.45) is 0. The molecule has 0 aliphatic carbocycles. The molecule has 1 aromatic carbocycles. The van der Waals surface area contributed by atoms with Crippen LogP contribution in [0.1, 0.15) is 17.3 Å². The molecule has 1 unspecified atom stereocenters. The Labute approximate surface area is 126 Å². The number of aryl methyl sites for hydroxylation is 2. The van der Waals surface area contributed by atoms with Crippen molar-refractivity contribution in [2.75, 3.05) is 12.4 Å². The molecule has 0 aliphatic heterocycles. The number of ether oxygens (including phenoxy) is 1. The van der Waals surface area contributed by atoms with Crippen molar-refractivity contribution in [2.24, 2.45) is 7.05 Å². The van der Waals surface area contributed by atoms with Crippen molar-refractivity contribution in [1.29, 1.82) is 5.26 Å². The van der Waals surface area contributed by atoms with E-state index in [1.807, 2.05) is 31.2 Å². The van der Waals surface area contributed by atoms with Crippen LogP contribution < -0.4 is 10.1 Å². The van der Waals surface area contributed by atoms with E-state index in [1.165, 1.54) is 0 Å². The number of nitrogens with one attached hydrogen (secondary N) is 1. The number of hydrogen-bond acceptors (Lipinski definition) is 4. The molecule has 0 aliphatic rings. The van der Waals surface area contributed by atoms with Gasteiger partial charge in [0.1, 0.15) is 6.04 Å². The number of nitrogens with zero attached hydrogens (tertiary/aromatic N) is 3. The highest BCUT2D eigenvalue weighted by Gasteiger charge is 2.23. The summed E-state index contributed by atoms with van der Waals surface area (Å²) in [6, 6.07) is 9.39. The van der Waals surface area contributed by atoms with E-state index >= 15 is 0 Å². The summed E-state index contributed by atoms with van der Waals surface area (Å²) in [4.78, 5) is 0. The van der Waals surface area contributed by atoms with Crippen LogP contribution in [-0.2, 0) is 7.05 Å². The Morgan fingerprint density at radius 3 is 2.75 bits per heavy atom. The molecule has 2 aromatic rings. The molecule has 1 aromatic heterocycles. The zero-order chi connectivity index (χ0) is 14.7. The number of hydrogen-bond donors (Lipinski definition) is 1. The lowest BCUT2D eigenvalue weighted by Gasteiger charge is -2.15. The first-order chi connectivity index (χ1) is 9.58. The molecule has 5 nitrogen and oxygen atoms in total. The molecular formula is C14H15BrN4O. The van der Waals surface area contributed by atoms with E-state index in [2.05, 4.69) is 32.4 Å². The summed E-state index contributed by atoms with van der Waals surface area (Å²) in [5.41, 5.74) is 2.38. The van der Waals surface area contributed by atoms with Gasteiger partial charge in [0.25, 0.3) is 0 Å². The second-order valence-corrected chi connectivity index (χ2v) is 5.17. The lowest BCUT2D eigenvalue weighted by molar-refractivity contribution is 0.369. The second kappa shape index (κ2) is 5.97. The summed E-state index contributed by atoms with van der Waals surface area (Å²) in [5, 5.41) is 17.0. The van der Waals surface area contributed by atoms with E-state index in [-0.39, 0.29) is 0 Å². The van der Waals surface area contributed by atoms with E-state index in [1.54, 1.807) is 18.8 Å². The van der Waals surface area contributed by atoms with E-state index in [0.29, 0.717) is 5.88 Å². The number of anilines is 1. The lowest BCUT2D eigenvalue weighted by Crippen LogP contribution is -2.11. The Morgan fingerprint density at radius 2 is 2.15 bits per heavy atom. The van der Waals surface area contributed by atoms with Crippen molar-refractivity contribution in [3.63, 3.8) is 0 Å². The molecule has 1 atom stereocenters. The van der Waals surface area contributed by atoms with E-state index < -0.39 is 6.04 Å². The molecule has 0 bridgehead atoms. The van der Waals surface area contributed by atoms with Crippen molar-refractivity contribution in [2.45, 2.75) is 13.0 Å². The fourth-order valence-corrected chi connectivity index (χ4v) is 2.53. The van der Waals surface area contributed by atoms with Gasteiger partial charge in [-0.1, -0.05) is 12.1 Å². The predicted molar refractivity (Wildman–Crippen MR) is 80.6 cm³/mol. The van der Waals surface area contributed by atoms with Crippen LogP contribution in [0.3, 0.4) is 0 Å². The molecule has 1 N–H and O–H groups in total. The third-order valence-electron chi connectivity index (χ3n) is 3.00. The average molecular weight is 335 g/mol. The first-order valence-electron chi connectivity index (χ1n) is 6.06. The number of benzene rings is 1. The van der Waals surface area contributed by atoms with E-state index in [9.17, 15) is 5.26 Å². The van der Waals surface area contributed by atoms with Crippen molar-refractivity contribution in [3.05, 3.63) is 40.0 Å². The standard InChI is InChI=1S/C14H15BrN4O/c1-9-13(14(20-3)19(2)18-9)12(8-16)17-11-7-5-4-6-10(11)15/h4-7,12,17H,1-3H3. The molecule has 2 rings (SSSR count). The zero-order valence-corrected chi connectivity index (χ0v) is 13.1. The summed E-state index contributed by atoms with van der Waals surface area (Å²) in [7, 11) is 3.37. The van der Waals surface area contributed by atoms with Crippen LogP contribution in [0.4, 0.5) is 5.69 Å². The van der Waals surface area contributed by atoms with Gasteiger partial charge >= 0.3 is 0 Å². The summed E-state index contributed by atoms with van der Waals surface area (Å²) in [5.74, 6) is 0.591. The van der Waals surface area contributed by atoms with Gasteiger partial charge in [-0.05, 0) is 35.0 Å². The van der Waals surface area contributed by atoms with Gasteiger partial charge in [-0.15, -0.1) is 0 Å². The highest BCUT2D eigenvalue weighted by atomic mass is 79.9. The minimum absolute atomic E-state index is 0.530. The van der Waals surface area contributed by atoms with Gasteiger partial charge in [0, 0.05) is 17.2 Å². The van der Waals surface area contributed by atoms with Crippen LogP contribution in [0.2, 0.25) is 0 Å². The maximum Gasteiger partial charge on any atom is 0.218 e. The van der Waals surface area contributed by atoms with Crippen LogP contribution in [-0.4, -0.2) is 16.9 Å². The maximum atomic E-state index is 9.46. The molecule has 1 heterocycles. The van der Waals surface area contributed by atoms with Crippen molar-refractivity contribution >= 4 is 21.6 Å². The summed E-state index contributed by atoms with van der Waals surface area (Å²) in [6.45, 7) is 1.86. The van der Waals surface area contributed by atoms with Crippen LogP contribution >= 0.6 is 15.9 Å². The zero-order valence-electron chi connectivity index (χ0n) is 11.5. The van der Waals surface area contributed by atoms with Crippen LogP contribution in [0.15, 0.2) is 28.7 Å². The minimum atomic E-state index is -0.530. The van der Waals surface area contributed by atoms with Crippen molar-refractivity contribution < 1.29 is 4.74 Å². The second-order valence-electron chi connectivity index (χ2n) is 4.32. The highest BCUT2D eigenvalue weighted by Crippen LogP contribution is 2.32. The molecule has 0 saturated heterocycles. The fraction of sp³-hybridized carbons (Fsp3) is 0.286. The molecule has 0 radical (unpaired) electrons. The molecular weight excluding hydrogens is 320 g/mol. The predicted octanol–water partition coefficient (Wildman–Crippen LogP) is 3.18. The maximum absolute atomic E-state index is 9.46. The van der Waals surface area contributed by atoms with Gasteiger partial charge in [-0.3, -0.25) is 0 Å². The molecule has 0 amide bonds. The van der Waals surface area contributed by atoms with Gasteiger partial charge in [-0.25, -0.2) is 4.68 Å². The average Bonchev–Trinajstić information content (AvgIpc) is 2.72. The van der Waals surface area contributed by atoms with E-state index in [4.69, 9.17) is 4.74 Å². The van der Waals surface area contributed by atoms with Gasteiger partial charge in [-0.2, -0.15) is 10.4 Å². The van der Waals surface area contributed by atoms with Crippen LogP contribution in [0.5, 0.6) is 5.88 Å². The Morgan fingerprint density at radius 1 is 1.45 bits per heavy atom. The number of methoxy groups -OCH3 is 1. The Balaban J connectivity index is 2.40. The highest BCUT2D eigenvalue weighted by molar-refractivity contribution is 9.10. The van der Waals surface area contributed by atoms with Gasteiger partial charge in [0.2, 0.25) is 5.88 Å². The normalized spacial score (nSPS) is 11.8. The number of aromatic nitrogens is 2. The largest absolute Gasteiger partial charge is 0.481 e. The first kappa shape index (κ1) is 14.4.